The van der Waals surface area contributed by atoms with Crippen LogP contribution in [0.5, 0.6) is 5.75 Å². The van der Waals surface area contributed by atoms with Gasteiger partial charge in [0, 0.05) is 6.04 Å². The average Bonchev–Trinajstić information content (AvgIpc) is 2.61. The molecular formula is C19H22N2O4. The Morgan fingerprint density at radius 1 is 1.28 bits per heavy atom. The maximum absolute atomic E-state index is 12.2. The van der Waals surface area contributed by atoms with Gasteiger partial charge in [-0.2, -0.15) is 5.26 Å². The summed E-state index contributed by atoms with van der Waals surface area (Å²) in [5.41, 5.74) is 0.726. The number of carboxylic acid groups (broad SMARTS) is 1. The number of hydrogen-bond donors (Lipinski definition) is 2. The van der Waals surface area contributed by atoms with Crippen LogP contribution in [-0.2, 0) is 9.59 Å². The van der Waals surface area contributed by atoms with Crippen molar-refractivity contribution in [2.75, 3.05) is 0 Å². The van der Waals surface area contributed by atoms with E-state index in [1.165, 1.54) is 19.4 Å². The largest absolute Gasteiger partial charge is 0.479 e. The molecule has 0 bridgehead atoms. The summed E-state index contributed by atoms with van der Waals surface area (Å²) in [6, 6.07) is 8.66. The first kappa shape index (κ1) is 18.5. The van der Waals surface area contributed by atoms with Crippen molar-refractivity contribution in [3.05, 3.63) is 35.4 Å². The predicted octanol–water partition coefficient (Wildman–Crippen LogP) is 2.89. The Morgan fingerprint density at radius 2 is 1.92 bits per heavy atom. The van der Waals surface area contributed by atoms with Crippen LogP contribution >= 0.6 is 0 Å². The van der Waals surface area contributed by atoms with E-state index in [-0.39, 0.29) is 17.5 Å². The molecule has 6 nitrogen and oxygen atoms in total. The smallest absolute Gasteiger partial charge is 0.344 e. The lowest BCUT2D eigenvalue weighted by molar-refractivity contribution is -0.144. The maximum Gasteiger partial charge on any atom is 0.344 e. The van der Waals surface area contributed by atoms with E-state index < -0.39 is 12.1 Å². The molecule has 1 aromatic rings. The van der Waals surface area contributed by atoms with Crippen molar-refractivity contribution in [2.24, 2.45) is 0 Å². The molecule has 0 aromatic heterocycles. The fraction of sp³-hybridized carbons (Fsp3) is 0.421. The van der Waals surface area contributed by atoms with Crippen molar-refractivity contribution < 1.29 is 19.4 Å². The molecule has 1 aromatic carbocycles. The normalized spacial score (nSPS) is 16.6. The molecule has 0 spiro atoms. The summed E-state index contributed by atoms with van der Waals surface area (Å²) in [6.45, 7) is 1.44. The van der Waals surface area contributed by atoms with E-state index in [1.807, 2.05) is 6.07 Å². The number of aliphatic carboxylic acids is 1. The Labute approximate surface area is 147 Å². The Hall–Kier alpha value is -2.81. The van der Waals surface area contributed by atoms with Gasteiger partial charge in [0.05, 0.1) is 0 Å². The molecule has 1 amide bonds. The van der Waals surface area contributed by atoms with Crippen LogP contribution in [0.1, 0.15) is 44.6 Å². The third kappa shape index (κ3) is 5.64. The number of amides is 1. The van der Waals surface area contributed by atoms with Gasteiger partial charge >= 0.3 is 5.97 Å². The number of nitrogens with one attached hydrogen (secondary N) is 1. The molecule has 132 valence electrons. The highest BCUT2D eigenvalue weighted by atomic mass is 16.5. The first-order chi connectivity index (χ1) is 12.0. The monoisotopic (exact) mass is 342 g/mol. The summed E-state index contributed by atoms with van der Waals surface area (Å²) < 4.78 is 5.25. The number of rotatable bonds is 6. The van der Waals surface area contributed by atoms with E-state index in [0.717, 1.165) is 25.7 Å². The number of carboxylic acids is 1. The van der Waals surface area contributed by atoms with Gasteiger partial charge in [-0.1, -0.05) is 31.4 Å². The number of benzene rings is 1. The predicted molar refractivity (Wildman–Crippen MR) is 92.8 cm³/mol. The van der Waals surface area contributed by atoms with Crippen molar-refractivity contribution in [3.8, 4) is 11.8 Å². The van der Waals surface area contributed by atoms with Crippen molar-refractivity contribution in [1.29, 1.82) is 5.26 Å². The number of ether oxygens (including phenoxy) is 1. The molecule has 1 aliphatic carbocycles. The van der Waals surface area contributed by atoms with Gasteiger partial charge < -0.3 is 15.2 Å². The fourth-order valence-corrected chi connectivity index (χ4v) is 2.72. The van der Waals surface area contributed by atoms with Crippen LogP contribution in [0.25, 0.3) is 6.08 Å². The van der Waals surface area contributed by atoms with Gasteiger partial charge in [0.2, 0.25) is 0 Å². The van der Waals surface area contributed by atoms with Gasteiger partial charge in [-0.3, -0.25) is 4.79 Å². The zero-order valence-electron chi connectivity index (χ0n) is 14.2. The first-order valence-electron chi connectivity index (χ1n) is 8.42. The van der Waals surface area contributed by atoms with Gasteiger partial charge in [0.1, 0.15) is 17.4 Å². The first-order valence-corrected chi connectivity index (χ1v) is 8.42. The van der Waals surface area contributed by atoms with Crippen LogP contribution in [0.15, 0.2) is 29.8 Å². The Balaban J connectivity index is 2.01. The van der Waals surface area contributed by atoms with Gasteiger partial charge in [-0.05, 0) is 43.5 Å². The lowest BCUT2D eigenvalue weighted by Gasteiger charge is -2.22. The highest BCUT2D eigenvalue weighted by molar-refractivity contribution is 6.01. The quantitative estimate of drug-likeness (QED) is 0.612. The summed E-state index contributed by atoms with van der Waals surface area (Å²) in [5, 5.41) is 21.0. The highest BCUT2D eigenvalue weighted by Gasteiger charge is 2.18. The molecule has 1 unspecified atom stereocenters. The highest BCUT2D eigenvalue weighted by Crippen LogP contribution is 2.19. The van der Waals surface area contributed by atoms with E-state index >= 15 is 0 Å². The molecule has 0 aliphatic heterocycles. The second kappa shape index (κ2) is 8.88. The standard InChI is InChI=1S/C19H22N2O4/c1-13(19(23)24)25-17-9-7-14(8-10-17)11-15(12-20)18(22)21-16-5-3-2-4-6-16/h7-11,13,16H,2-6H2,1H3,(H,21,22)(H,23,24). The van der Waals surface area contributed by atoms with Crippen LogP contribution in [0.2, 0.25) is 0 Å². The third-order valence-electron chi connectivity index (χ3n) is 4.16. The molecular weight excluding hydrogens is 320 g/mol. The van der Waals surface area contributed by atoms with E-state index in [0.29, 0.717) is 11.3 Å². The third-order valence-corrected chi connectivity index (χ3v) is 4.16. The molecule has 1 aliphatic rings. The van der Waals surface area contributed by atoms with E-state index in [4.69, 9.17) is 9.84 Å². The number of hydrogen-bond acceptors (Lipinski definition) is 4. The second-order valence-electron chi connectivity index (χ2n) is 6.15. The number of nitriles is 1. The van der Waals surface area contributed by atoms with Crippen LogP contribution in [0.4, 0.5) is 0 Å². The van der Waals surface area contributed by atoms with Gasteiger partial charge in [0.15, 0.2) is 6.10 Å². The topological polar surface area (TPSA) is 99.4 Å². The molecule has 25 heavy (non-hydrogen) atoms. The Kier molecular flexibility index (Phi) is 6.58. The van der Waals surface area contributed by atoms with Crippen LogP contribution < -0.4 is 10.1 Å². The summed E-state index contributed by atoms with van der Waals surface area (Å²) in [6.07, 6.45) is 5.89. The molecule has 1 atom stereocenters. The number of carbonyl (C=O) groups is 2. The minimum atomic E-state index is -1.05. The maximum atomic E-state index is 12.2. The van der Waals surface area contributed by atoms with Gasteiger partial charge in [-0.15, -0.1) is 0 Å². The number of nitrogens with zero attached hydrogens (tertiary/aromatic N) is 1. The van der Waals surface area contributed by atoms with E-state index in [1.54, 1.807) is 24.3 Å². The number of carbonyl (C=O) groups excluding carboxylic acids is 1. The zero-order valence-corrected chi connectivity index (χ0v) is 14.2. The summed E-state index contributed by atoms with van der Waals surface area (Å²) >= 11 is 0. The van der Waals surface area contributed by atoms with E-state index in [9.17, 15) is 14.9 Å². The average molecular weight is 342 g/mol. The molecule has 2 N–H and O–H groups in total. The zero-order chi connectivity index (χ0) is 18.2. The summed E-state index contributed by atoms with van der Waals surface area (Å²) in [7, 11) is 0. The van der Waals surface area contributed by atoms with Crippen LogP contribution in [0, 0.1) is 11.3 Å². The Bertz CT molecular complexity index is 682. The fourth-order valence-electron chi connectivity index (χ4n) is 2.72. The SMILES string of the molecule is CC(Oc1ccc(C=C(C#N)C(=O)NC2CCCCC2)cc1)C(=O)O. The van der Waals surface area contributed by atoms with Crippen molar-refractivity contribution in [2.45, 2.75) is 51.2 Å². The van der Waals surface area contributed by atoms with Crippen molar-refractivity contribution in [1.82, 2.24) is 5.32 Å². The lowest BCUT2D eigenvalue weighted by atomic mass is 9.95. The van der Waals surface area contributed by atoms with Crippen LogP contribution in [0.3, 0.4) is 0 Å². The lowest BCUT2D eigenvalue weighted by Crippen LogP contribution is -2.36. The Morgan fingerprint density at radius 3 is 2.48 bits per heavy atom. The van der Waals surface area contributed by atoms with Crippen molar-refractivity contribution in [3.63, 3.8) is 0 Å². The van der Waals surface area contributed by atoms with E-state index in [2.05, 4.69) is 5.32 Å². The molecule has 1 fully saturated rings. The molecule has 0 saturated heterocycles. The molecule has 0 radical (unpaired) electrons. The van der Waals surface area contributed by atoms with Crippen molar-refractivity contribution >= 4 is 18.0 Å². The summed E-state index contributed by atoms with van der Waals surface area (Å²) in [5.74, 6) is -0.985. The molecule has 1 saturated carbocycles. The van der Waals surface area contributed by atoms with Crippen LogP contribution in [-0.4, -0.2) is 29.1 Å². The van der Waals surface area contributed by atoms with Gasteiger partial charge in [0.25, 0.3) is 5.91 Å². The molecule has 6 heteroatoms. The minimum Gasteiger partial charge on any atom is -0.479 e. The summed E-state index contributed by atoms with van der Waals surface area (Å²) in [4.78, 5) is 23.0. The second-order valence-corrected chi connectivity index (χ2v) is 6.15. The minimum absolute atomic E-state index is 0.0538. The molecule has 0 heterocycles. The molecule has 2 rings (SSSR count). The van der Waals surface area contributed by atoms with Gasteiger partial charge in [-0.25, -0.2) is 4.79 Å².